The van der Waals surface area contributed by atoms with Gasteiger partial charge in [-0.25, -0.2) is 4.98 Å². The maximum absolute atomic E-state index is 9.84. The van der Waals surface area contributed by atoms with Crippen molar-refractivity contribution >= 4 is 5.65 Å². The molecule has 0 saturated heterocycles. The zero-order chi connectivity index (χ0) is 18.4. The Morgan fingerprint density at radius 2 is 1.85 bits per heavy atom. The number of ether oxygens (including phenoxy) is 3. The van der Waals surface area contributed by atoms with Gasteiger partial charge in [0.2, 0.25) is 6.79 Å². The number of rotatable bonds is 3. The Bertz CT molecular complexity index is 1170. The molecule has 7 nitrogen and oxygen atoms in total. The van der Waals surface area contributed by atoms with E-state index in [1.54, 1.807) is 24.5 Å². The van der Waals surface area contributed by atoms with Crippen molar-refractivity contribution in [2.24, 2.45) is 0 Å². The highest BCUT2D eigenvalue weighted by Gasteiger charge is 2.15. The Hall–Kier alpha value is -3.74. The zero-order valence-electron chi connectivity index (χ0n) is 14.4. The van der Waals surface area contributed by atoms with Crippen LogP contribution >= 0.6 is 0 Å². The van der Waals surface area contributed by atoms with Crippen LogP contribution in [0, 0.1) is 0 Å². The summed E-state index contributed by atoms with van der Waals surface area (Å²) in [7, 11) is 1.52. The third kappa shape index (κ3) is 2.52. The van der Waals surface area contributed by atoms with Crippen molar-refractivity contribution in [3.05, 3.63) is 55.0 Å². The Kier molecular flexibility index (Phi) is 3.39. The van der Waals surface area contributed by atoms with Crippen LogP contribution in [-0.2, 0) is 0 Å². The highest BCUT2D eigenvalue weighted by molar-refractivity contribution is 5.69. The van der Waals surface area contributed by atoms with Gasteiger partial charge >= 0.3 is 0 Å². The summed E-state index contributed by atoms with van der Waals surface area (Å²) in [6.07, 6.45) is 5.42. The summed E-state index contributed by atoms with van der Waals surface area (Å²) in [5.74, 6) is 1.95. The Morgan fingerprint density at radius 1 is 1.00 bits per heavy atom. The molecule has 0 unspecified atom stereocenters. The van der Waals surface area contributed by atoms with Crippen LogP contribution in [0.1, 0.15) is 0 Å². The second-order valence-corrected chi connectivity index (χ2v) is 6.10. The number of benzene rings is 2. The quantitative estimate of drug-likeness (QED) is 0.602. The molecule has 7 heteroatoms. The Morgan fingerprint density at radius 3 is 2.74 bits per heavy atom. The van der Waals surface area contributed by atoms with E-state index in [9.17, 15) is 5.11 Å². The average molecular weight is 361 g/mol. The smallest absolute Gasteiger partial charge is 0.231 e. The molecule has 4 aromatic rings. The second kappa shape index (κ2) is 5.91. The number of nitrogens with zero attached hydrogens (tertiary/aromatic N) is 3. The molecule has 0 saturated carbocycles. The van der Waals surface area contributed by atoms with Gasteiger partial charge in [0.05, 0.1) is 30.9 Å². The van der Waals surface area contributed by atoms with E-state index in [0.29, 0.717) is 11.5 Å². The van der Waals surface area contributed by atoms with Crippen LogP contribution < -0.4 is 14.2 Å². The van der Waals surface area contributed by atoms with E-state index >= 15 is 0 Å². The van der Waals surface area contributed by atoms with Crippen molar-refractivity contribution in [2.75, 3.05) is 13.9 Å². The summed E-state index contributed by atoms with van der Waals surface area (Å²) in [4.78, 5) is 8.93. The summed E-state index contributed by atoms with van der Waals surface area (Å²) in [6, 6.07) is 10.9. The van der Waals surface area contributed by atoms with Gasteiger partial charge in [-0.2, -0.15) is 0 Å². The molecule has 0 amide bonds. The van der Waals surface area contributed by atoms with E-state index in [0.717, 1.165) is 33.9 Å². The highest BCUT2D eigenvalue weighted by Crippen LogP contribution is 2.36. The average Bonchev–Trinajstić information content (AvgIpc) is 3.34. The molecule has 0 fully saturated rings. The van der Waals surface area contributed by atoms with Crippen molar-refractivity contribution in [1.29, 1.82) is 0 Å². The monoisotopic (exact) mass is 361 g/mol. The molecule has 0 spiro atoms. The standard InChI is InChI=1S/C20H15N3O4/c1-25-18-7-13(2-4-16(18)24)15-8-22-20-9-21-14(10-23(15)20)12-3-5-17-19(6-12)27-11-26-17/h2-10,24H,11H2,1H3. The van der Waals surface area contributed by atoms with Crippen LogP contribution in [0.15, 0.2) is 55.0 Å². The van der Waals surface area contributed by atoms with Crippen LogP contribution in [0.3, 0.4) is 0 Å². The number of phenols is 1. The molecule has 3 heterocycles. The largest absolute Gasteiger partial charge is 0.504 e. The molecule has 1 N–H and O–H groups in total. The molecule has 0 atom stereocenters. The van der Waals surface area contributed by atoms with Crippen LogP contribution in [0.25, 0.3) is 28.2 Å². The number of imidazole rings is 1. The number of aromatic hydroxyl groups is 1. The fourth-order valence-electron chi connectivity index (χ4n) is 3.14. The Balaban J connectivity index is 1.63. The first-order valence-corrected chi connectivity index (χ1v) is 8.33. The molecule has 5 rings (SSSR count). The fraction of sp³-hybridized carbons (Fsp3) is 0.100. The van der Waals surface area contributed by atoms with Crippen molar-refractivity contribution in [3.63, 3.8) is 0 Å². The van der Waals surface area contributed by atoms with Crippen molar-refractivity contribution in [2.45, 2.75) is 0 Å². The van der Waals surface area contributed by atoms with Gasteiger partial charge in [0.25, 0.3) is 0 Å². The van der Waals surface area contributed by atoms with Gasteiger partial charge in [0.1, 0.15) is 0 Å². The molecule has 0 bridgehead atoms. The van der Waals surface area contributed by atoms with Crippen LogP contribution in [-0.4, -0.2) is 33.4 Å². The summed E-state index contributed by atoms with van der Waals surface area (Å²) in [5.41, 5.74) is 4.17. The lowest BCUT2D eigenvalue weighted by Gasteiger charge is -2.08. The molecule has 2 aromatic carbocycles. The lowest BCUT2D eigenvalue weighted by atomic mass is 10.1. The number of hydrogen-bond donors (Lipinski definition) is 1. The van der Waals surface area contributed by atoms with Gasteiger partial charge in [0, 0.05) is 17.3 Å². The lowest BCUT2D eigenvalue weighted by Crippen LogP contribution is -1.94. The van der Waals surface area contributed by atoms with E-state index in [-0.39, 0.29) is 12.5 Å². The summed E-state index contributed by atoms with van der Waals surface area (Å²) in [6.45, 7) is 0.236. The number of hydrogen-bond acceptors (Lipinski definition) is 6. The molecule has 1 aliphatic rings. The summed E-state index contributed by atoms with van der Waals surface area (Å²) >= 11 is 0. The van der Waals surface area contributed by atoms with Crippen LogP contribution in [0.5, 0.6) is 23.0 Å². The van der Waals surface area contributed by atoms with Gasteiger partial charge in [-0.3, -0.25) is 9.38 Å². The molecule has 27 heavy (non-hydrogen) atoms. The van der Waals surface area contributed by atoms with Crippen LogP contribution in [0.4, 0.5) is 0 Å². The highest BCUT2D eigenvalue weighted by atomic mass is 16.7. The van der Waals surface area contributed by atoms with Crippen LogP contribution in [0.2, 0.25) is 0 Å². The van der Waals surface area contributed by atoms with Crippen molar-refractivity contribution < 1.29 is 19.3 Å². The predicted octanol–water partition coefficient (Wildman–Crippen LogP) is 3.51. The van der Waals surface area contributed by atoms with E-state index in [1.807, 2.05) is 34.9 Å². The van der Waals surface area contributed by atoms with Crippen molar-refractivity contribution in [1.82, 2.24) is 14.4 Å². The summed E-state index contributed by atoms with van der Waals surface area (Å²) in [5, 5.41) is 9.84. The molecule has 2 aromatic heterocycles. The fourth-order valence-corrected chi connectivity index (χ4v) is 3.14. The molecule has 134 valence electrons. The molecule has 0 aliphatic carbocycles. The first-order valence-electron chi connectivity index (χ1n) is 8.33. The molecule has 0 radical (unpaired) electrons. The maximum Gasteiger partial charge on any atom is 0.231 e. The second-order valence-electron chi connectivity index (χ2n) is 6.10. The van der Waals surface area contributed by atoms with Crippen molar-refractivity contribution in [3.8, 4) is 45.5 Å². The Labute approximate surface area is 154 Å². The minimum Gasteiger partial charge on any atom is -0.504 e. The molecule has 1 aliphatic heterocycles. The van der Waals surface area contributed by atoms with E-state index in [4.69, 9.17) is 14.2 Å². The van der Waals surface area contributed by atoms with Gasteiger partial charge < -0.3 is 19.3 Å². The molecular weight excluding hydrogens is 346 g/mol. The SMILES string of the molecule is COc1cc(-c2cnc3cnc(-c4ccc5c(c4)OCO5)cn23)ccc1O. The maximum atomic E-state index is 9.84. The van der Waals surface area contributed by atoms with Gasteiger partial charge in [-0.05, 0) is 36.4 Å². The normalized spacial score (nSPS) is 12.5. The number of phenolic OH excluding ortho intramolecular Hbond substituents is 1. The zero-order valence-corrected chi connectivity index (χ0v) is 14.4. The minimum atomic E-state index is 0.0952. The first kappa shape index (κ1) is 15.5. The number of aromatic nitrogens is 3. The predicted molar refractivity (Wildman–Crippen MR) is 98.2 cm³/mol. The van der Waals surface area contributed by atoms with Gasteiger partial charge in [0.15, 0.2) is 28.6 Å². The van der Waals surface area contributed by atoms with Gasteiger partial charge in [-0.1, -0.05) is 0 Å². The third-order valence-corrected chi connectivity index (χ3v) is 4.54. The minimum absolute atomic E-state index is 0.0952. The third-order valence-electron chi connectivity index (χ3n) is 4.54. The first-order chi connectivity index (χ1) is 13.2. The lowest BCUT2D eigenvalue weighted by molar-refractivity contribution is 0.174. The number of fused-ring (bicyclic) bond motifs is 2. The van der Waals surface area contributed by atoms with E-state index in [1.165, 1.54) is 7.11 Å². The van der Waals surface area contributed by atoms with Gasteiger partial charge in [-0.15, -0.1) is 0 Å². The summed E-state index contributed by atoms with van der Waals surface area (Å²) < 4.78 is 18.0. The number of methoxy groups -OCH3 is 1. The van der Waals surface area contributed by atoms with E-state index < -0.39 is 0 Å². The molecular formula is C20H15N3O4. The van der Waals surface area contributed by atoms with E-state index in [2.05, 4.69) is 9.97 Å². The topological polar surface area (TPSA) is 78.1 Å².